The lowest BCUT2D eigenvalue weighted by atomic mass is 9.92. The number of rotatable bonds is 3. The molecule has 0 aliphatic carbocycles. The molecule has 142 valence electrons. The summed E-state index contributed by atoms with van der Waals surface area (Å²) in [7, 11) is -3.31. The summed E-state index contributed by atoms with van der Waals surface area (Å²) in [5.74, 6) is 0.932. The second kappa shape index (κ2) is 7.49. The monoisotopic (exact) mass is 407 g/mol. The van der Waals surface area contributed by atoms with Crippen LogP contribution in [-0.4, -0.2) is 14.7 Å². The summed E-state index contributed by atoms with van der Waals surface area (Å²) in [4.78, 5) is 1.26. The van der Waals surface area contributed by atoms with Crippen LogP contribution in [0.3, 0.4) is 0 Å². The number of thioether (sulfide) groups is 1. The summed E-state index contributed by atoms with van der Waals surface area (Å²) in [5, 5.41) is 0. The molecule has 5 heteroatoms. The Morgan fingerprint density at radius 2 is 1.79 bits per heavy atom. The predicted octanol–water partition coefficient (Wildman–Crippen LogP) is 5.56. The van der Waals surface area contributed by atoms with Crippen LogP contribution in [-0.2, 0) is 15.8 Å². The lowest BCUT2D eigenvalue weighted by Gasteiger charge is -2.13. The van der Waals surface area contributed by atoms with Crippen molar-refractivity contribution >= 4 is 39.1 Å². The molecule has 1 heterocycles. The SMILES string of the molecule is Cc1ccc2c(c1)CSc1ccccc1C2=Cc1cccc(NS(C)(=O)=O)c1. The molecule has 1 N–H and O–H groups in total. The highest BCUT2D eigenvalue weighted by atomic mass is 32.2. The average molecular weight is 408 g/mol. The predicted molar refractivity (Wildman–Crippen MR) is 119 cm³/mol. The molecule has 0 aromatic heterocycles. The van der Waals surface area contributed by atoms with Crippen LogP contribution < -0.4 is 4.72 Å². The van der Waals surface area contributed by atoms with E-state index in [0.29, 0.717) is 5.69 Å². The number of hydrogen-bond acceptors (Lipinski definition) is 3. The van der Waals surface area contributed by atoms with Gasteiger partial charge in [-0.1, -0.05) is 54.1 Å². The first-order valence-corrected chi connectivity index (χ1v) is 11.9. The first-order chi connectivity index (χ1) is 13.4. The molecule has 4 rings (SSSR count). The van der Waals surface area contributed by atoms with Crippen molar-refractivity contribution in [2.24, 2.45) is 0 Å². The van der Waals surface area contributed by atoms with Crippen molar-refractivity contribution < 1.29 is 8.42 Å². The molecule has 0 saturated carbocycles. The number of aryl methyl sites for hydroxylation is 1. The number of sulfonamides is 1. The molecule has 0 atom stereocenters. The van der Waals surface area contributed by atoms with Crippen molar-refractivity contribution in [2.75, 3.05) is 11.0 Å². The number of nitrogens with one attached hydrogen (secondary N) is 1. The van der Waals surface area contributed by atoms with Gasteiger partial charge in [0.05, 0.1) is 6.26 Å². The van der Waals surface area contributed by atoms with Gasteiger partial charge < -0.3 is 0 Å². The van der Waals surface area contributed by atoms with Gasteiger partial charge >= 0.3 is 0 Å². The Bertz CT molecular complexity index is 1180. The van der Waals surface area contributed by atoms with E-state index in [1.165, 1.54) is 27.1 Å². The van der Waals surface area contributed by atoms with E-state index in [2.05, 4.69) is 60.2 Å². The Balaban J connectivity index is 1.88. The maximum absolute atomic E-state index is 11.6. The van der Waals surface area contributed by atoms with Crippen molar-refractivity contribution in [3.8, 4) is 0 Å². The minimum Gasteiger partial charge on any atom is -0.284 e. The fourth-order valence-electron chi connectivity index (χ4n) is 3.45. The molecule has 0 fully saturated rings. The van der Waals surface area contributed by atoms with Gasteiger partial charge in [-0.15, -0.1) is 11.8 Å². The summed E-state index contributed by atoms with van der Waals surface area (Å²) >= 11 is 1.85. The summed E-state index contributed by atoms with van der Waals surface area (Å²) in [5.41, 5.74) is 7.68. The van der Waals surface area contributed by atoms with Gasteiger partial charge in [0.15, 0.2) is 0 Å². The van der Waals surface area contributed by atoms with Crippen LogP contribution in [0.25, 0.3) is 11.6 Å². The Labute approximate surface area is 170 Å². The molecule has 3 nitrogen and oxygen atoms in total. The van der Waals surface area contributed by atoms with Gasteiger partial charge in [-0.05, 0) is 59.0 Å². The summed E-state index contributed by atoms with van der Waals surface area (Å²) in [6, 6.07) is 22.5. The molecule has 0 spiro atoms. The molecule has 28 heavy (non-hydrogen) atoms. The topological polar surface area (TPSA) is 46.2 Å². The second-order valence-corrected chi connectivity index (χ2v) is 9.77. The van der Waals surface area contributed by atoms with Crippen LogP contribution in [0.15, 0.2) is 71.6 Å². The maximum Gasteiger partial charge on any atom is 0.229 e. The van der Waals surface area contributed by atoms with Crippen LogP contribution in [0, 0.1) is 6.92 Å². The van der Waals surface area contributed by atoms with Gasteiger partial charge in [-0.25, -0.2) is 8.42 Å². The van der Waals surface area contributed by atoms with E-state index in [1.54, 1.807) is 6.07 Å². The molecule has 0 bridgehead atoms. The van der Waals surface area contributed by atoms with E-state index >= 15 is 0 Å². The largest absolute Gasteiger partial charge is 0.284 e. The van der Waals surface area contributed by atoms with Gasteiger partial charge in [0, 0.05) is 16.3 Å². The minimum atomic E-state index is -3.31. The van der Waals surface area contributed by atoms with E-state index in [9.17, 15) is 8.42 Å². The average Bonchev–Trinajstić information content (AvgIpc) is 2.78. The zero-order valence-electron chi connectivity index (χ0n) is 15.8. The molecule has 0 amide bonds. The Hall–Kier alpha value is -2.50. The van der Waals surface area contributed by atoms with Crippen LogP contribution in [0.2, 0.25) is 0 Å². The number of anilines is 1. The fourth-order valence-corrected chi connectivity index (χ4v) is 5.06. The molecule has 1 aliphatic heterocycles. The maximum atomic E-state index is 11.6. The van der Waals surface area contributed by atoms with Crippen LogP contribution in [0.1, 0.15) is 27.8 Å². The fraction of sp³-hybridized carbons (Fsp3) is 0.130. The smallest absolute Gasteiger partial charge is 0.229 e. The third-order valence-electron chi connectivity index (χ3n) is 4.61. The number of fused-ring (bicyclic) bond motifs is 2. The molecule has 3 aromatic rings. The second-order valence-electron chi connectivity index (χ2n) is 7.00. The first kappa shape index (κ1) is 18.8. The highest BCUT2D eigenvalue weighted by molar-refractivity contribution is 7.98. The Kier molecular flexibility index (Phi) is 5.04. The van der Waals surface area contributed by atoms with Crippen LogP contribution in [0.4, 0.5) is 5.69 Å². The minimum absolute atomic E-state index is 0.567. The molecular formula is C23H21NO2S2. The molecule has 1 aliphatic rings. The third-order valence-corrected chi connectivity index (χ3v) is 6.34. The van der Waals surface area contributed by atoms with Gasteiger partial charge in [-0.3, -0.25) is 4.72 Å². The van der Waals surface area contributed by atoms with Gasteiger partial charge in [0.1, 0.15) is 0 Å². The van der Waals surface area contributed by atoms with Crippen LogP contribution >= 0.6 is 11.8 Å². The van der Waals surface area contributed by atoms with Crippen molar-refractivity contribution in [3.05, 3.63) is 94.5 Å². The van der Waals surface area contributed by atoms with E-state index in [0.717, 1.165) is 23.1 Å². The Morgan fingerprint density at radius 1 is 0.964 bits per heavy atom. The van der Waals surface area contributed by atoms with Crippen molar-refractivity contribution in [1.82, 2.24) is 0 Å². The molecular weight excluding hydrogens is 386 g/mol. The molecule has 0 unspecified atom stereocenters. The lowest BCUT2D eigenvalue weighted by Crippen LogP contribution is -2.09. The van der Waals surface area contributed by atoms with Crippen molar-refractivity contribution in [1.29, 1.82) is 0 Å². The van der Waals surface area contributed by atoms with E-state index in [1.807, 2.05) is 30.0 Å². The van der Waals surface area contributed by atoms with Gasteiger partial charge in [0.25, 0.3) is 0 Å². The van der Waals surface area contributed by atoms with E-state index in [-0.39, 0.29) is 0 Å². The molecule has 0 saturated heterocycles. The number of hydrogen-bond donors (Lipinski definition) is 1. The normalized spacial score (nSPS) is 14.9. The zero-order chi connectivity index (χ0) is 19.7. The lowest BCUT2D eigenvalue weighted by molar-refractivity contribution is 0.607. The van der Waals surface area contributed by atoms with E-state index in [4.69, 9.17) is 0 Å². The highest BCUT2D eigenvalue weighted by Crippen LogP contribution is 2.41. The van der Waals surface area contributed by atoms with Gasteiger partial charge in [0.2, 0.25) is 10.0 Å². The van der Waals surface area contributed by atoms with Crippen LogP contribution in [0.5, 0.6) is 0 Å². The summed E-state index contributed by atoms with van der Waals surface area (Å²) in [6.07, 6.45) is 3.31. The van der Waals surface area contributed by atoms with E-state index < -0.39 is 10.0 Å². The van der Waals surface area contributed by atoms with Crippen molar-refractivity contribution in [2.45, 2.75) is 17.6 Å². The third kappa shape index (κ3) is 4.16. The standard InChI is InChI=1S/C23H21NO2S2/c1-16-10-11-20-18(12-16)15-27-23-9-4-3-8-21(23)22(20)14-17-6-5-7-19(13-17)24-28(2,25)26/h3-14,24H,15H2,1-2H3. The molecule has 0 radical (unpaired) electrons. The first-order valence-electron chi connectivity index (χ1n) is 9.01. The van der Waals surface area contributed by atoms with Crippen molar-refractivity contribution in [3.63, 3.8) is 0 Å². The van der Waals surface area contributed by atoms with Gasteiger partial charge in [-0.2, -0.15) is 0 Å². The summed E-state index contributed by atoms with van der Waals surface area (Å²) in [6.45, 7) is 2.12. The quantitative estimate of drug-likeness (QED) is 0.618. The summed E-state index contributed by atoms with van der Waals surface area (Å²) < 4.78 is 25.7. The Morgan fingerprint density at radius 3 is 2.61 bits per heavy atom. The highest BCUT2D eigenvalue weighted by Gasteiger charge is 2.18. The molecule has 3 aromatic carbocycles. The number of benzene rings is 3. The zero-order valence-corrected chi connectivity index (χ0v) is 17.4.